The fraction of sp³-hybridized carbons (Fsp3) is 0.312. The number of piperidine rings is 1. The van der Waals surface area contributed by atoms with E-state index in [9.17, 15) is 0 Å². The standard InChI is InChI=1S/C16H17N5/c1-2-8-18-13(4-1)16-20-14-5-3-9-19-15(14)21(16)12-6-10-17-11-7-12/h1-5,8-9,12,17H,6-7,10-11H2. The van der Waals surface area contributed by atoms with Crippen molar-refractivity contribution in [1.29, 1.82) is 0 Å². The average Bonchev–Trinajstić information content (AvgIpc) is 2.96. The lowest BCUT2D eigenvalue weighted by molar-refractivity contribution is 0.376. The maximum Gasteiger partial charge on any atom is 0.161 e. The van der Waals surface area contributed by atoms with Crippen molar-refractivity contribution in [2.75, 3.05) is 13.1 Å². The van der Waals surface area contributed by atoms with Crippen LogP contribution >= 0.6 is 0 Å². The SMILES string of the molecule is c1ccc(-c2nc3cccnc3n2C2CCNCC2)nc1. The average molecular weight is 279 g/mol. The van der Waals surface area contributed by atoms with Gasteiger partial charge in [-0.15, -0.1) is 0 Å². The summed E-state index contributed by atoms with van der Waals surface area (Å²) in [6, 6.07) is 10.3. The molecule has 0 saturated carbocycles. The molecule has 3 aromatic rings. The molecule has 0 aromatic carbocycles. The summed E-state index contributed by atoms with van der Waals surface area (Å²) in [5.41, 5.74) is 2.82. The van der Waals surface area contributed by atoms with E-state index in [0.717, 1.165) is 48.6 Å². The summed E-state index contributed by atoms with van der Waals surface area (Å²) in [7, 11) is 0. The summed E-state index contributed by atoms with van der Waals surface area (Å²) in [6.07, 6.45) is 5.85. The predicted octanol–water partition coefficient (Wildman–Crippen LogP) is 2.42. The number of nitrogens with zero attached hydrogens (tertiary/aromatic N) is 4. The number of rotatable bonds is 2. The highest BCUT2D eigenvalue weighted by molar-refractivity contribution is 5.76. The first-order chi connectivity index (χ1) is 10.4. The number of hydrogen-bond donors (Lipinski definition) is 1. The van der Waals surface area contributed by atoms with Crippen LogP contribution in [0.25, 0.3) is 22.7 Å². The van der Waals surface area contributed by atoms with Crippen molar-refractivity contribution in [3.63, 3.8) is 0 Å². The molecule has 3 aromatic heterocycles. The van der Waals surface area contributed by atoms with Gasteiger partial charge in [-0.3, -0.25) is 4.98 Å². The monoisotopic (exact) mass is 279 g/mol. The predicted molar refractivity (Wildman–Crippen MR) is 81.9 cm³/mol. The van der Waals surface area contributed by atoms with E-state index >= 15 is 0 Å². The normalized spacial score (nSPS) is 16.4. The molecule has 1 aliphatic rings. The zero-order valence-electron chi connectivity index (χ0n) is 11.7. The lowest BCUT2D eigenvalue weighted by Crippen LogP contribution is -2.29. The molecular weight excluding hydrogens is 262 g/mol. The Morgan fingerprint density at radius 2 is 1.86 bits per heavy atom. The molecule has 0 radical (unpaired) electrons. The highest BCUT2D eigenvalue weighted by Gasteiger charge is 2.23. The van der Waals surface area contributed by atoms with Crippen molar-refractivity contribution < 1.29 is 0 Å². The second-order valence-corrected chi connectivity index (χ2v) is 5.35. The Hall–Kier alpha value is -2.27. The number of pyridine rings is 2. The molecule has 1 saturated heterocycles. The van der Waals surface area contributed by atoms with Crippen LogP contribution in [0, 0.1) is 0 Å². The van der Waals surface area contributed by atoms with Crippen LogP contribution in [0.3, 0.4) is 0 Å². The van der Waals surface area contributed by atoms with E-state index in [1.165, 1.54) is 0 Å². The lowest BCUT2D eigenvalue weighted by atomic mass is 10.1. The van der Waals surface area contributed by atoms with E-state index in [1.807, 2.05) is 42.7 Å². The highest BCUT2D eigenvalue weighted by atomic mass is 15.2. The Labute approximate surface area is 123 Å². The molecule has 5 nitrogen and oxygen atoms in total. The topological polar surface area (TPSA) is 55.6 Å². The second-order valence-electron chi connectivity index (χ2n) is 5.35. The van der Waals surface area contributed by atoms with Crippen LogP contribution in [0.1, 0.15) is 18.9 Å². The molecule has 21 heavy (non-hydrogen) atoms. The quantitative estimate of drug-likeness (QED) is 0.782. The summed E-state index contributed by atoms with van der Waals surface area (Å²) in [6.45, 7) is 2.08. The molecule has 0 unspecified atom stereocenters. The smallest absolute Gasteiger partial charge is 0.161 e. The van der Waals surface area contributed by atoms with Crippen LogP contribution in [0.2, 0.25) is 0 Å². The third-order valence-corrected chi connectivity index (χ3v) is 4.02. The zero-order chi connectivity index (χ0) is 14.1. The molecule has 0 atom stereocenters. The molecule has 0 amide bonds. The van der Waals surface area contributed by atoms with Crippen LogP contribution in [-0.4, -0.2) is 32.6 Å². The summed E-state index contributed by atoms with van der Waals surface area (Å²) in [5.74, 6) is 0.927. The maximum absolute atomic E-state index is 4.78. The van der Waals surface area contributed by atoms with Gasteiger partial charge in [-0.1, -0.05) is 6.07 Å². The molecule has 1 N–H and O–H groups in total. The van der Waals surface area contributed by atoms with Crippen LogP contribution in [0.15, 0.2) is 42.7 Å². The molecule has 5 heteroatoms. The molecule has 0 bridgehead atoms. The molecule has 4 rings (SSSR count). The third-order valence-electron chi connectivity index (χ3n) is 4.02. The zero-order valence-corrected chi connectivity index (χ0v) is 11.7. The Balaban J connectivity index is 1.92. The van der Waals surface area contributed by atoms with Crippen molar-refractivity contribution >= 4 is 11.2 Å². The molecule has 0 aliphatic carbocycles. The van der Waals surface area contributed by atoms with Crippen molar-refractivity contribution in [2.24, 2.45) is 0 Å². The first-order valence-electron chi connectivity index (χ1n) is 7.38. The van der Waals surface area contributed by atoms with Gasteiger partial charge in [0.1, 0.15) is 11.2 Å². The van der Waals surface area contributed by atoms with Crippen molar-refractivity contribution in [2.45, 2.75) is 18.9 Å². The van der Waals surface area contributed by atoms with Gasteiger partial charge < -0.3 is 9.88 Å². The minimum Gasteiger partial charge on any atom is -0.317 e. The molecule has 106 valence electrons. The van der Waals surface area contributed by atoms with Crippen molar-refractivity contribution in [3.8, 4) is 11.5 Å². The second kappa shape index (κ2) is 5.26. The summed E-state index contributed by atoms with van der Waals surface area (Å²) in [5, 5.41) is 3.41. The van der Waals surface area contributed by atoms with Gasteiger partial charge >= 0.3 is 0 Å². The maximum atomic E-state index is 4.78. The Bertz CT molecular complexity index is 744. The van der Waals surface area contributed by atoms with E-state index < -0.39 is 0 Å². The van der Waals surface area contributed by atoms with Gasteiger partial charge in [-0.25, -0.2) is 9.97 Å². The van der Waals surface area contributed by atoms with E-state index in [2.05, 4.69) is 19.9 Å². The van der Waals surface area contributed by atoms with Gasteiger partial charge in [-0.2, -0.15) is 0 Å². The van der Waals surface area contributed by atoms with E-state index in [4.69, 9.17) is 4.98 Å². The lowest BCUT2D eigenvalue weighted by Gasteiger charge is -2.25. The first-order valence-corrected chi connectivity index (χ1v) is 7.38. The van der Waals surface area contributed by atoms with Gasteiger partial charge in [0.25, 0.3) is 0 Å². The largest absolute Gasteiger partial charge is 0.317 e. The number of imidazole rings is 1. The van der Waals surface area contributed by atoms with Crippen molar-refractivity contribution in [1.82, 2.24) is 24.8 Å². The van der Waals surface area contributed by atoms with Crippen LogP contribution in [-0.2, 0) is 0 Å². The Kier molecular flexibility index (Phi) is 3.12. The Morgan fingerprint density at radius 3 is 2.67 bits per heavy atom. The third kappa shape index (κ3) is 2.19. The summed E-state index contributed by atoms with van der Waals surface area (Å²) < 4.78 is 2.28. The molecule has 0 spiro atoms. The minimum absolute atomic E-state index is 0.433. The van der Waals surface area contributed by atoms with Crippen LogP contribution < -0.4 is 5.32 Å². The summed E-state index contributed by atoms with van der Waals surface area (Å²) in [4.78, 5) is 13.8. The van der Waals surface area contributed by atoms with E-state index in [0.29, 0.717) is 6.04 Å². The number of hydrogen-bond acceptors (Lipinski definition) is 4. The summed E-state index contributed by atoms with van der Waals surface area (Å²) >= 11 is 0. The molecule has 1 aliphatic heterocycles. The highest BCUT2D eigenvalue weighted by Crippen LogP contribution is 2.30. The fourth-order valence-electron chi connectivity index (χ4n) is 3.02. The van der Waals surface area contributed by atoms with E-state index in [-0.39, 0.29) is 0 Å². The van der Waals surface area contributed by atoms with E-state index in [1.54, 1.807) is 0 Å². The van der Waals surface area contributed by atoms with Crippen LogP contribution in [0.4, 0.5) is 0 Å². The molecule has 1 fully saturated rings. The van der Waals surface area contributed by atoms with Gasteiger partial charge in [0, 0.05) is 18.4 Å². The minimum atomic E-state index is 0.433. The fourth-order valence-corrected chi connectivity index (χ4v) is 3.02. The number of nitrogens with one attached hydrogen (secondary N) is 1. The number of aromatic nitrogens is 4. The molecular formula is C16H17N5. The first kappa shape index (κ1) is 12.5. The van der Waals surface area contributed by atoms with Gasteiger partial charge in [0.2, 0.25) is 0 Å². The van der Waals surface area contributed by atoms with Crippen molar-refractivity contribution in [3.05, 3.63) is 42.7 Å². The van der Waals surface area contributed by atoms with Crippen LogP contribution in [0.5, 0.6) is 0 Å². The van der Waals surface area contributed by atoms with Gasteiger partial charge in [0.15, 0.2) is 11.5 Å². The van der Waals surface area contributed by atoms with Gasteiger partial charge in [0.05, 0.1) is 0 Å². The number of fused-ring (bicyclic) bond motifs is 1. The van der Waals surface area contributed by atoms with Gasteiger partial charge in [-0.05, 0) is 50.2 Å². The molecule has 4 heterocycles. The Morgan fingerprint density at radius 1 is 1.00 bits per heavy atom.